The fourth-order valence-electron chi connectivity index (χ4n) is 5.06. The van der Waals surface area contributed by atoms with Crippen LogP contribution in [0.15, 0.2) is 52.6 Å². The second kappa shape index (κ2) is 10.1. The number of hydrogen-bond acceptors (Lipinski definition) is 5. The van der Waals surface area contributed by atoms with Crippen LogP contribution in [-0.4, -0.2) is 52.9 Å². The number of hydrogen-bond donors (Lipinski definition) is 0. The Morgan fingerprint density at radius 1 is 0.971 bits per heavy atom. The second-order valence-electron chi connectivity index (χ2n) is 8.98. The smallest absolute Gasteiger partial charge is 0.259 e. The third-order valence-electron chi connectivity index (χ3n) is 6.96. The number of aryl methyl sites for hydroxylation is 1. The molecule has 182 valence electrons. The van der Waals surface area contributed by atoms with E-state index < -0.39 is 0 Å². The lowest BCUT2D eigenvalue weighted by atomic mass is 9.98. The number of nitrogens with zero attached hydrogens (tertiary/aromatic N) is 3. The highest BCUT2D eigenvalue weighted by molar-refractivity contribution is 7.09. The molecule has 0 N–H and O–H groups in total. The van der Waals surface area contributed by atoms with Crippen LogP contribution in [0.3, 0.4) is 0 Å². The molecular formula is C27H29N3O4S. The normalized spacial score (nSPS) is 15.2. The average Bonchev–Trinajstić information content (AvgIpc) is 3.31. The summed E-state index contributed by atoms with van der Waals surface area (Å²) in [4.78, 5) is 44.5. The summed E-state index contributed by atoms with van der Waals surface area (Å²) in [6, 6.07) is 13.6. The van der Waals surface area contributed by atoms with E-state index in [9.17, 15) is 14.4 Å². The topological polar surface area (TPSA) is 71.8 Å². The van der Waals surface area contributed by atoms with Gasteiger partial charge in [-0.15, -0.1) is 11.3 Å². The Morgan fingerprint density at radius 2 is 1.77 bits per heavy atom. The summed E-state index contributed by atoms with van der Waals surface area (Å²) in [7, 11) is 1.49. The van der Waals surface area contributed by atoms with Gasteiger partial charge in [-0.3, -0.25) is 14.4 Å². The van der Waals surface area contributed by atoms with E-state index in [0.717, 1.165) is 12.0 Å². The van der Waals surface area contributed by atoms with Crippen molar-refractivity contribution in [3.63, 3.8) is 0 Å². The molecule has 0 aliphatic carbocycles. The molecule has 0 spiro atoms. The molecule has 3 aromatic rings. The van der Waals surface area contributed by atoms with Crippen molar-refractivity contribution in [1.29, 1.82) is 0 Å². The third kappa shape index (κ3) is 4.75. The van der Waals surface area contributed by atoms with Gasteiger partial charge in [0, 0.05) is 62.2 Å². The van der Waals surface area contributed by atoms with Gasteiger partial charge in [-0.1, -0.05) is 30.3 Å². The molecule has 2 aromatic heterocycles. The van der Waals surface area contributed by atoms with E-state index in [0.29, 0.717) is 69.0 Å². The predicted molar refractivity (Wildman–Crippen MR) is 135 cm³/mol. The first-order valence-corrected chi connectivity index (χ1v) is 12.9. The number of methoxy groups -OCH3 is 1. The summed E-state index contributed by atoms with van der Waals surface area (Å²) < 4.78 is 7.18. The van der Waals surface area contributed by atoms with E-state index in [-0.39, 0.29) is 17.4 Å². The summed E-state index contributed by atoms with van der Waals surface area (Å²) in [5.41, 5.74) is 3.31. The minimum absolute atomic E-state index is 0.0757. The van der Waals surface area contributed by atoms with Crippen LogP contribution in [0.2, 0.25) is 0 Å². The van der Waals surface area contributed by atoms with E-state index in [1.165, 1.54) is 23.6 Å². The van der Waals surface area contributed by atoms with Gasteiger partial charge in [-0.25, -0.2) is 0 Å². The molecule has 2 aliphatic rings. The summed E-state index contributed by atoms with van der Waals surface area (Å²) in [6.45, 7) is 2.44. The number of rotatable bonds is 5. The molecule has 7 nitrogen and oxygen atoms in total. The number of thiophene rings is 1. The number of benzene rings is 1. The fraction of sp³-hybridized carbons (Fsp3) is 0.370. The molecular weight excluding hydrogens is 462 g/mol. The van der Waals surface area contributed by atoms with Crippen LogP contribution < -0.4 is 10.3 Å². The Kier molecular flexibility index (Phi) is 6.72. The van der Waals surface area contributed by atoms with Crippen molar-refractivity contribution in [2.75, 3.05) is 26.7 Å². The van der Waals surface area contributed by atoms with Gasteiger partial charge in [0.1, 0.15) is 11.3 Å². The molecule has 0 bridgehead atoms. The molecule has 0 saturated carbocycles. The zero-order valence-corrected chi connectivity index (χ0v) is 20.7. The Hall–Kier alpha value is -3.39. The third-order valence-corrected chi connectivity index (χ3v) is 7.90. The average molecular weight is 492 g/mol. The van der Waals surface area contributed by atoms with E-state index >= 15 is 0 Å². The lowest BCUT2D eigenvalue weighted by Crippen LogP contribution is -2.38. The molecule has 8 heteroatoms. The second-order valence-corrected chi connectivity index (χ2v) is 10.0. The molecule has 0 fully saturated rings. The van der Waals surface area contributed by atoms with Crippen LogP contribution in [0.1, 0.15) is 38.5 Å². The maximum Gasteiger partial charge on any atom is 0.259 e. The van der Waals surface area contributed by atoms with Crippen molar-refractivity contribution in [2.24, 2.45) is 0 Å². The number of amides is 2. The monoisotopic (exact) mass is 491 g/mol. The number of carbonyl (C=O) groups is 2. The number of aromatic nitrogens is 1. The summed E-state index contributed by atoms with van der Waals surface area (Å²) in [6.07, 6.45) is 2.39. The van der Waals surface area contributed by atoms with Crippen LogP contribution in [0.25, 0.3) is 0 Å². The van der Waals surface area contributed by atoms with Gasteiger partial charge >= 0.3 is 0 Å². The molecule has 4 heterocycles. The quantitative estimate of drug-likeness (QED) is 0.550. The number of ether oxygens (including phenoxy) is 1. The fourth-order valence-corrected chi connectivity index (χ4v) is 5.77. The molecule has 5 rings (SSSR count). The van der Waals surface area contributed by atoms with Gasteiger partial charge in [0.2, 0.25) is 5.91 Å². The zero-order valence-electron chi connectivity index (χ0n) is 19.9. The highest BCUT2D eigenvalue weighted by Crippen LogP contribution is 2.27. The van der Waals surface area contributed by atoms with Gasteiger partial charge in [-0.05, 0) is 35.4 Å². The Balaban J connectivity index is 1.39. The zero-order chi connectivity index (χ0) is 24.4. The van der Waals surface area contributed by atoms with E-state index in [1.54, 1.807) is 15.9 Å². The van der Waals surface area contributed by atoms with Gasteiger partial charge in [-0.2, -0.15) is 0 Å². The predicted octanol–water partition coefficient (Wildman–Crippen LogP) is 3.13. The van der Waals surface area contributed by atoms with Crippen molar-refractivity contribution in [1.82, 2.24) is 14.4 Å². The summed E-state index contributed by atoms with van der Waals surface area (Å²) in [5.74, 6) is 0.256. The molecule has 0 radical (unpaired) electrons. The molecule has 35 heavy (non-hydrogen) atoms. The Bertz CT molecular complexity index is 1300. The Morgan fingerprint density at radius 3 is 2.54 bits per heavy atom. The van der Waals surface area contributed by atoms with Gasteiger partial charge in [0.25, 0.3) is 11.5 Å². The SMILES string of the molecule is COc1cc(=O)n2c(c1C(=O)N1CCc3ccccc3C1)CCN(C(=O)CCc1cccs1)CC2. The van der Waals surface area contributed by atoms with Crippen LogP contribution in [-0.2, 0) is 37.1 Å². The van der Waals surface area contributed by atoms with Gasteiger partial charge < -0.3 is 19.1 Å². The van der Waals surface area contributed by atoms with E-state index in [1.807, 2.05) is 39.4 Å². The first-order valence-electron chi connectivity index (χ1n) is 12.0. The summed E-state index contributed by atoms with van der Waals surface area (Å²) in [5, 5.41) is 2.02. The van der Waals surface area contributed by atoms with Crippen LogP contribution >= 0.6 is 11.3 Å². The van der Waals surface area contributed by atoms with Crippen molar-refractivity contribution in [3.8, 4) is 5.75 Å². The van der Waals surface area contributed by atoms with Crippen LogP contribution in [0.5, 0.6) is 5.75 Å². The highest BCUT2D eigenvalue weighted by Gasteiger charge is 2.30. The lowest BCUT2D eigenvalue weighted by molar-refractivity contribution is -0.131. The first kappa shape index (κ1) is 23.4. The van der Waals surface area contributed by atoms with Crippen molar-refractivity contribution < 1.29 is 14.3 Å². The minimum Gasteiger partial charge on any atom is -0.496 e. The largest absolute Gasteiger partial charge is 0.496 e. The van der Waals surface area contributed by atoms with Crippen LogP contribution in [0.4, 0.5) is 0 Å². The van der Waals surface area contributed by atoms with Crippen molar-refractivity contribution in [3.05, 3.63) is 85.5 Å². The molecule has 1 aromatic carbocycles. The van der Waals surface area contributed by atoms with Crippen molar-refractivity contribution in [2.45, 2.75) is 38.8 Å². The molecule has 2 aliphatic heterocycles. The molecule has 2 amide bonds. The van der Waals surface area contributed by atoms with E-state index in [2.05, 4.69) is 12.1 Å². The van der Waals surface area contributed by atoms with Crippen molar-refractivity contribution >= 4 is 23.2 Å². The molecule has 0 unspecified atom stereocenters. The van der Waals surface area contributed by atoms with Gasteiger partial charge in [0.15, 0.2) is 0 Å². The maximum atomic E-state index is 13.8. The Labute approximate surface area is 208 Å². The highest BCUT2D eigenvalue weighted by atomic mass is 32.1. The number of fused-ring (bicyclic) bond motifs is 2. The van der Waals surface area contributed by atoms with Gasteiger partial charge in [0.05, 0.1) is 7.11 Å². The molecule has 0 saturated heterocycles. The lowest BCUT2D eigenvalue weighted by Gasteiger charge is -2.30. The number of pyridine rings is 1. The van der Waals surface area contributed by atoms with E-state index in [4.69, 9.17) is 4.74 Å². The first-order chi connectivity index (χ1) is 17.0. The van der Waals surface area contributed by atoms with Crippen LogP contribution in [0, 0.1) is 0 Å². The minimum atomic E-state index is -0.203. The standard InChI is InChI=1S/C27H29N3O4S/c1-34-23-17-25(32)30-15-14-28(24(31)9-8-21-7-4-16-35-21)13-11-22(30)26(23)27(33)29-12-10-19-5-2-3-6-20(19)18-29/h2-7,16-17H,8-15,18H2,1H3. The summed E-state index contributed by atoms with van der Waals surface area (Å²) >= 11 is 1.65. The molecule has 0 atom stereocenters. The number of carbonyl (C=O) groups excluding carboxylic acids is 2. The maximum absolute atomic E-state index is 13.8.